The Hall–Kier alpha value is -0.0800. The predicted molar refractivity (Wildman–Crippen MR) is 69.4 cm³/mol. The van der Waals surface area contributed by atoms with Crippen molar-refractivity contribution in [1.29, 1.82) is 0 Å². The van der Waals surface area contributed by atoms with E-state index in [4.69, 9.17) is 5.73 Å². The lowest BCUT2D eigenvalue weighted by Crippen LogP contribution is -2.51. The van der Waals surface area contributed by atoms with Gasteiger partial charge in [0, 0.05) is 12.1 Å². The van der Waals surface area contributed by atoms with Gasteiger partial charge in [-0.1, -0.05) is 13.8 Å². The second-order valence-electron chi connectivity index (χ2n) is 6.22. The van der Waals surface area contributed by atoms with Crippen molar-refractivity contribution in [3.05, 3.63) is 0 Å². The van der Waals surface area contributed by atoms with Crippen LogP contribution in [0.15, 0.2) is 0 Å². The summed E-state index contributed by atoms with van der Waals surface area (Å²) in [7, 11) is 0. The highest BCUT2D eigenvalue weighted by Gasteiger charge is 2.31. The van der Waals surface area contributed by atoms with Gasteiger partial charge >= 0.3 is 0 Å². The molecule has 2 nitrogen and oxygen atoms in total. The first-order valence-corrected chi connectivity index (χ1v) is 7.16. The summed E-state index contributed by atoms with van der Waals surface area (Å²) in [5.74, 6) is 1.80. The molecule has 1 saturated carbocycles. The maximum atomic E-state index is 6.32. The van der Waals surface area contributed by atoms with E-state index in [1.807, 2.05) is 0 Å². The van der Waals surface area contributed by atoms with E-state index in [0.29, 0.717) is 12.1 Å². The monoisotopic (exact) mass is 224 g/mol. The Balaban J connectivity index is 1.93. The topological polar surface area (TPSA) is 29.3 Å². The fraction of sp³-hybridized carbons (Fsp3) is 1.00. The number of hydrogen-bond donors (Lipinski definition) is 1. The zero-order valence-electron chi connectivity index (χ0n) is 11.0. The maximum absolute atomic E-state index is 6.32. The first kappa shape index (κ1) is 12.4. The SMILES string of the molecule is CC1CCCN(C2CC(C)CCC2N)CC1. The minimum Gasteiger partial charge on any atom is -0.326 e. The normalized spacial score (nSPS) is 42.9. The fourth-order valence-electron chi connectivity index (χ4n) is 3.41. The highest BCUT2D eigenvalue weighted by molar-refractivity contribution is 4.89. The first-order chi connectivity index (χ1) is 7.66. The summed E-state index contributed by atoms with van der Waals surface area (Å²) in [6.07, 6.45) is 8.06. The third kappa shape index (κ3) is 2.98. The number of likely N-dealkylation sites (tertiary alicyclic amines) is 1. The molecule has 1 heterocycles. The smallest absolute Gasteiger partial charge is 0.0249 e. The van der Waals surface area contributed by atoms with Crippen molar-refractivity contribution in [2.75, 3.05) is 13.1 Å². The first-order valence-electron chi connectivity index (χ1n) is 7.16. The molecule has 0 bridgehead atoms. The summed E-state index contributed by atoms with van der Waals surface area (Å²) in [5, 5.41) is 0. The van der Waals surface area contributed by atoms with Crippen molar-refractivity contribution in [3.63, 3.8) is 0 Å². The van der Waals surface area contributed by atoms with E-state index in [2.05, 4.69) is 18.7 Å². The van der Waals surface area contributed by atoms with E-state index in [1.54, 1.807) is 0 Å². The van der Waals surface area contributed by atoms with Gasteiger partial charge in [0.15, 0.2) is 0 Å². The van der Waals surface area contributed by atoms with E-state index in [-0.39, 0.29) is 0 Å². The molecule has 0 amide bonds. The molecule has 16 heavy (non-hydrogen) atoms. The lowest BCUT2D eigenvalue weighted by atomic mass is 9.83. The van der Waals surface area contributed by atoms with Gasteiger partial charge in [-0.3, -0.25) is 4.90 Å². The van der Waals surface area contributed by atoms with Crippen LogP contribution in [0.1, 0.15) is 52.4 Å². The molecule has 2 aliphatic rings. The Bertz CT molecular complexity index is 217. The summed E-state index contributed by atoms with van der Waals surface area (Å²) in [6.45, 7) is 7.36. The molecule has 0 aromatic carbocycles. The highest BCUT2D eigenvalue weighted by Crippen LogP contribution is 2.29. The molecule has 1 aliphatic heterocycles. The third-order valence-electron chi connectivity index (χ3n) is 4.65. The molecule has 2 rings (SSSR count). The van der Waals surface area contributed by atoms with E-state index < -0.39 is 0 Å². The highest BCUT2D eigenvalue weighted by atomic mass is 15.2. The quantitative estimate of drug-likeness (QED) is 0.742. The minimum absolute atomic E-state index is 0.435. The van der Waals surface area contributed by atoms with E-state index in [0.717, 1.165) is 11.8 Å². The van der Waals surface area contributed by atoms with Crippen molar-refractivity contribution in [1.82, 2.24) is 4.90 Å². The second-order valence-corrected chi connectivity index (χ2v) is 6.22. The fourth-order valence-corrected chi connectivity index (χ4v) is 3.41. The molecule has 2 fully saturated rings. The summed E-state index contributed by atoms with van der Waals surface area (Å²) >= 11 is 0. The van der Waals surface area contributed by atoms with Crippen molar-refractivity contribution in [2.24, 2.45) is 17.6 Å². The molecule has 4 unspecified atom stereocenters. The number of hydrogen-bond acceptors (Lipinski definition) is 2. The molecule has 1 saturated heterocycles. The van der Waals surface area contributed by atoms with Crippen LogP contribution in [0.4, 0.5) is 0 Å². The summed E-state index contributed by atoms with van der Waals surface area (Å²) in [6, 6.07) is 1.11. The summed E-state index contributed by atoms with van der Waals surface area (Å²) < 4.78 is 0. The van der Waals surface area contributed by atoms with Crippen molar-refractivity contribution >= 4 is 0 Å². The number of rotatable bonds is 1. The van der Waals surface area contributed by atoms with Crippen molar-refractivity contribution < 1.29 is 0 Å². The van der Waals surface area contributed by atoms with Crippen LogP contribution in [0.5, 0.6) is 0 Å². The average molecular weight is 224 g/mol. The molecule has 2 heteroatoms. The standard InChI is InChI=1S/C14H28N2/c1-11-4-3-8-16(9-7-11)14-10-12(2)5-6-13(14)15/h11-14H,3-10,15H2,1-2H3. The van der Waals surface area contributed by atoms with Gasteiger partial charge < -0.3 is 5.73 Å². The van der Waals surface area contributed by atoms with Crippen LogP contribution in [0.2, 0.25) is 0 Å². The van der Waals surface area contributed by atoms with Crippen LogP contribution < -0.4 is 5.73 Å². The molecule has 0 spiro atoms. The average Bonchev–Trinajstić information content (AvgIpc) is 2.47. The lowest BCUT2D eigenvalue weighted by molar-refractivity contribution is 0.119. The Kier molecular flexibility index (Phi) is 4.26. The molecular formula is C14H28N2. The van der Waals surface area contributed by atoms with E-state index in [9.17, 15) is 0 Å². The maximum Gasteiger partial charge on any atom is 0.0249 e. The third-order valence-corrected chi connectivity index (χ3v) is 4.65. The Morgan fingerprint density at radius 2 is 1.75 bits per heavy atom. The number of nitrogens with zero attached hydrogens (tertiary/aromatic N) is 1. The molecule has 94 valence electrons. The molecule has 0 radical (unpaired) electrons. The van der Waals surface area contributed by atoms with E-state index in [1.165, 1.54) is 51.6 Å². The van der Waals surface area contributed by atoms with Gasteiger partial charge in [-0.25, -0.2) is 0 Å². The molecule has 0 aromatic rings. The predicted octanol–water partition coefficient (Wildman–Crippen LogP) is 2.62. The van der Waals surface area contributed by atoms with Crippen LogP contribution in [0, 0.1) is 11.8 Å². The van der Waals surface area contributed by atoms with Crippen LogP contribution >= 0.6 is 0 Å². The minimum atomic E-state index is 0.435. The van der Waals surface area contributed by atoms with Crippen LogP contribution in [-0.4, -0.2) is 30.1 Å². The van der Waals surface area contributed by atoms with Gasteiger partial charge in [0.05, 0.1) is 0 Å². The van der Waals surface area contributed by atoms with Gasteiger partial charge in [0.1, 0.15) is 0 Å². The molecule has 2 N–H and O–H groups in total. The van der Waals surface area contributed by atoms with Gasteiger partial charge in [-0.05, 0) is 63.5 Å². The zero-order chi connectivity index (χ0) is 11.5. The molecule has 0 aromatic heterocycles. The zero-order valence-corrected chi connectivity index (χ0v) is 11.0. The van der Waals surface area contributed by atoms with Gasteiger partial charge in [0.25, 0.3) is 0 Å². The van der Waals surface area contributed by atoms with E-state index >= 15 is 0 Å². The van der Waals surface area contributed by atoms with Gasteiger partial charge in [0.2, 0.25) is 0 Å². The Morgan fingerprint density at radius 3 is 2.56 bits per heavy atom. The largest absolute Gasteiger partial charge is 0.326 e. The summed E-state index contributed by atoms with van der Waals surface area (Å²) in [5.41, 5.74) is 6.32. The van der Waals surface area contributed by atoms with Crippen molar-refractivity contribution in [2.45, 2.75) is 64.5 Å². The molecule has 1 aliphatic carbocycles. The van der Waals surface area contributed by atoms with Crippen LogP contribution in [0.25, 0.3) is 0 Å². The van der Waals surface area contributed by atoms with Gasteiger partial charge in [-0.15, -0.1) is 0 Å². The van der Waals surface area contributed by atoms with Gasteiger partial charge in [-0.2, -0.15) is 0 Å². The Morgan fingerprint density at radius 1 is 0.938 bits per heavy atom. The van der Waals surface area contributed by atoms with Crippen molar-refractivity contribution in [3.8, 4) is 0 Å². The second kappa shape index (κ2) is 5.50. The van der Waals surface area contributed by atoms with Crippen LogP contribution in [-0.2, 0) is 0 Å². The summed E-state index contributed by atoms with van der Waals surface area (Å²) in [4.78, 5) is 2.70. The molecular weight excluding hydrogens is 196 g/mol. The lowest BCUT2D eigenvalue weighted by Gasteiger charge is -2.40. The van der Waals surface area contributed by atoms with Crippen LogP contribution in [0.3, 0.4) is 0 Å². The number of nitrogens with two attached hydrogens (primary N) is 1. The molecule has 4 atom stereocenters. The Labute approximate surface area is 101 Å².